The highest BCUT2D eigenvalue weighted by Gasteiger charge is 2.35. The first kappa shape index (κ1) is 26.1. The van der Waals surface area contributed by atoms with Crippen molar-refractivity contribution in [2.75, 3.05) is 6.54 Å². The Bertz CT molecular complexity index is 1220. The molecule has 3 amide bonds. The highest BCUT2D eigenvalue weighted by molar-refractivity contribution is 5.89. The number of amides is 3. The summed E-state index contributed by atoms with van der Waals surface area (Å²) in [6.07, 6.45) is 1.22. The molecule has 9 nitrogen and oxygen atoms in total. The summed E-state index contributed by atoms with van der Waals surface area (Å²) in [7, 11) is 0. The third-order valence-electron chi connectivity index (χ3n) is 6.53. The standard InChI is InChI=1S/C28H33N5O4/c1-18(2)20-11-13-22(14-12-20)27(21-8-5-4-6-9-21)30-28(36)23-10-7-15-33(23)26(35)16-24-31-32-25(37-24)17-29-19(3)34/h4-6,8-9,11-14,18,23,27H,7,10,15-17H2,1-3H3,(H,29,34)(H,30,36)/t23-,27-/m0/s1. The van der Waals surface area contributed by atoms with Crippen LogP contribution in [0.5, 0.6) is 0 Å². The zero-order valence-corrected chi connectivity index (χ0v) is 21.4. The highest BCUT2D eigenvalue weighted by atomic mass is 16.4. The maximum atomic E-state index is 13.5. The van der Waals surface area contributed by atoms with Crippen molar-refractivity contribution in [2.24, 2.45) is 0 Å². The molecule has 0 aliphatic carbocycles. The molecule has 2 heterocycles. The molecule has 1 aliphatic heterocycles. The Morgan fingerprint density at radius 1 is 0.973 bits per heavy atom. The molecule has 2 N–H and O–H groups in total. The summed E-state index contributed by atoms with van der Waals surface area (Å²) in [5.41, 5.74) is 3.19. The van der Waals surface area contributed by atoms with Gasteiger partial charge in [0.25, 0.3) is 0 Å². The summed E-state index contributed by atoms with van der Waals surface area (Å²) in [6, 6.07) is 17.2. The summed E-state index contributed by atoms with van der Waals surface area (Å²) in [5.74, 6) is 0.143. The van der Waals surface area contributed by atoms with E-state index in [0.717, 1.165) is 17.5 Å². The lowest BCUT2D eigenvalue weighted by molar-refractivity contribution is -0.138. The molecule has 0 bridgehead atoms. The van der Waals surface area contributed by atoms with Gasteiger partial charge in [0.1, 0.15) is 12.5 Å². The zero-order valence-electron chi connectivity index (χ0n) is 21.4. The van der Waals surface area contributed by atoms with Gasteiger partial charge in [-0.25, -0.2) is 0 Å². The van der Waals surface area contributed by atoms with Crippen LogP contribution in [0.4, 0.5) is 0 Å². The van der Waals surface area contributed by atoms with Gasteiger partial charge in [-0.1, -0.05) is 68.4 Å². The van der Waals surface area contributed by atoms with E-state index in [4.69, 9.17) is 4.42 Å². The number of aromatic nitrogens is 2. The third-order valence-corrected chi connectivity index (χ3v) is 6.53. The normalized spacial score (nSPS) is 16.0. The van der Waals surface area contributed by atoms with Crippen LogP contribution in [0, 0.1) is 0 Å². The number of nitrogens with zero attached hydrogens (tertiary/aromatic N) is 3. The number of hydrogen-bond donors (Lipinski definition) is 2. The molecule has 4 rings (SSSR count). The molecule has 2 atom stereocenters. The van der Waals surface area contributed by atoms with Gasteiger partial charge in [0.2, 0.25) is 29.5 Å². The van der Waals surface area contributed by atoms with E-state index in [-0.39, 0.29) is 48.5 Å². The minimum Gasteiger partial charge on any atom is -0.423 e. The van der Waals surface area contributed by atoms with Crippen molar-refractivity contribution in [3.05, 3.63) is 83.1 Å². The van der Waals surface area contributed by atoms with Crippen molar-refractivity contribution in [3.63, 3.8) is 0 Å². The second kappa shape index (κ2) is 11.8. The largest absolute Gasteiger partial charge is 0.423 e. The fourth-order valence-corrected chi connectivity index (χ4v) is 4.52. The average Bonchev–Trinajstić information content (AvgIpc) is 3.56. The number of nitrogens with one attached hydrogen (secondary N) is 2. The topological polar surface area (TPSA) is 117 Å². The van der Waals surface area contributed by atoms with Crippen molar-refractivity contribution in [2.45, 2.75) is 64.6 Å². The number of rotatable bonds is 9. The highest BCUT2D eigenvalue weighted by Crippen LogP contribution is 2.26. The molecule has 0 spiro atoms. The van der Waals surface area contributed by atoms with Gasteiger partial charge in [0.05, 0.1) is 12.6 Å². The molecular formula is C28H33N5O4. The van der Waals surface area contributed by atoms with E-state index in [1.807, 2.05) is 30.3 Å². The van der Waals surface area contributed by atoms with Crippen LogP contribution in [0.2, 0.25) is 0 Å². The maximum Gasteiger partial charge on any atom is 0.243 e. The van der Waals surface area contributed by atoms with E-state index in [0.29, 0.717) is 18.9 Å². The summed E-state index contributed by atoms with van der Waals surface area (Å²) >= 11 is 0. The van der Waals surface area contributed by atoms with Crippen molar-refractivity contribution >= 4 is 17.7 Å². The molecular weight excluding hydrogens is 470 g/mol. The number of carbonyl (C=O) groups excluding carboxylic acids is 3. The van der Waals surface area contributed by atoms with Crippen LogP contribution in [0.25, 0.3) is 0 Å². The van der Waals surface area contributed by atoms with Crippen LogP contribution in [-0.4, -0.2) is 45.4 Å². The predicted octanol–water partition coefficient (Wildman–Crippen LogP) is 3.27. The molecule has 1 fully saturated rings. The Hall–Kier alpha value is -4.01. The van der Waals surface area contributed by atoms with Crippen LogP contribution in [0.1, 0.15) is 74.0 Å². The minimum atomic E-state index is -0.574. The summed E-state index contributed by atoms with van der Waals surface area (Å²) < 4.78 is 5.48. The lowest BCUT2D eigenvalue weighted by Crippen LogP contribution is -2.47. The van der Waals surface area contributed by atoms with Gasteiger partial charge in [0, 0.05) is 13.5 Å². The number of benzene rings is 2. The lowest BCUT2D eigenvalue weighted by Gasteiger charge is -2.27. The molecule has 0 unspecified atom stereocenters. The lowest BCUT2D eigenvalue weighted by atomic mass is 9.95. The van der Waals surface area contributed by atoms with Gasteiger partial charge in [-0.05, 0) is 35.4 Å². The fourth-order valence-electron chi connectivity index (χ4n) is 4.52. The van der Waals surface area contributed by atoms with Gasteiger partial charge in [0.15, 0.2) is 0 Å². The van der Waals surface area contributed by atoms with Crippen LogP contribution in [0.15, 0.2) is 59.0 Å². The minimum absolute atomic E-state index is 0.101. The molecule has 1 aliphatic rings. The van der Waals surface area contributed by atoms with E-state index in [9.17, 15) is 14.4 Å². The van der Waals surface area contributed by atoms with E-state index >= 15 is 0 Å². The molecule has 0 radical (unpaired) electrons. The van der Waals surface area contributed by atoms with Gasteiger partial charge >= 0.3 is 0 Å². The smallest absolute Gasteiger partial charge is 0.243 e. The molecule has 2 aromatic carbocycles. The maximum absolute atomic E-state index is 13.5. The second-order valence-electron chi connectivity index (χ2n) is 9.59. The Labute approximate surface area is 216 Å². The fraction of sp³-hybridized carbons (Fsp3) is 0.393. The second-order valence-corrected chi connectivity index (χ2v) is 9.59. The SMILES string of the molecule is CC(=O)NCc1nnc(CC(=O)N2CCC[C@H]2C(=O)N[C@@H](c2ccccc2)c2ccc(C(C)C)cc2)o1. The van der Waals surface area contributed by atoms with Crippen molar-refractivity contribution in [3.8, 4) is 0 Å². The van der Waals surface area contributed by atoms with E-state index < -0.39 is 6.04 Å². The molecule has 3 aromatic rings. The van der Waals surface area contributed by atoms with Crippen LogP contribution >= 0.6 is 0 Å². The number of hydrogen-bond acceptors (Lipinski definition) is 6. The quantitative estimate of drug-likeness (QED) is 0.463. The molecule has 9 heteroatoms. The molecule has 0 saturated carbocycles. The van der Waals surface area contributed by atoms with Crippen LogP contribution in [0.3, 0.4) is 0 Å². The summed E-state index contributed by atoms with van der Waals surface area (Å²) in [5, 5.41) is 13.5. The Morgan fingerprint density at radius 3 is 2.30 bits per heavy atom. The van der Waals surface area contributed by atoms with Gasteiger partial charge < -0.3 is 20.0 Å². The third kappa shape index (κ3) is 6.61. The number of likely N-dealkylation sites (tertiary alicyclic amines) is 1. The van der Waals surface area contributed by atoms with E-state index in [1.54, 1.807) is 4.90 Å². The summed E-state index contributed by atoms with van der Waals surface area (Å²) in [6.45, 7) is 6.28. The van der Waals surface area contributed by atoms with Gasteiger partial charge in [-0.3, -0.25) is 14.4 Å². The Kier molecular flexibility index (Phi) is 8.32. The van der Waals surface area contributed by atoms with E-state index in [2.05, 4.69) is 58.9 Å². The van der Waals surface area contributed by atoms with Crippen LogP contribution < -0.4 is 10.6 Å². The Morgan fingerprint density at radius 2 is 1.62 bits per heavy atom. The van der Waals surface area contributed by atoms with Crippen molar-refractivity contribution in [1.29, 1.82) is 0 Å². The molecule has 37 heavy (non-hydrogen) atoms. The molecule has 1 saturated heterocycles. The van der Waals surface area contributed by atoms with Crippen molar-refractivity contribution < 1.29 is 18.8 Å². The summed E-state index contributed by atoms with van der Waals surface area (Å²) in [4.78, 5) is 39.3. The van der Waals surface area contributed by atoms with Crippen LogP contribution in [-0.2, 0) is 27.3 Å². The predicted molar refractivity (Wildman–Crippen MR) is 137 cm³/mol. The first-order valence-corrected chi connectivity index (χ1v) is 12.6. The monoisotopic (exact) mass is 503 g/mol. The number of carbonyl (C=O) groups is 3. The van der Waals surface area contributed by atoms with Gasteiger partial charge in [-0.15, -0.1) is 10.2 Å². The zero-order chi connectivity index (χ0) is 26.4. The first-order chi connectivity index (χ1) is 17.8. The Balaban J connectivity index is 1.46. The van der Waals surface area contributed by atoms with Crippen molar-refractivity contribution in [1.82, 2.24) is 25.7 Å². The molecule has 194 valence electrons. The van der Waals surface area contributed by atoms with E-state index in [1.165, 1.54) is 12.5 Å². The first-order valence-electron chi connectivity index (χ1n) is 12.6. The molecule has 1 aromatic heterocycles. The average molecular weight is 504 g/mol. The van der Waals surface area contributed by atoms with Gasteiger partial charge in [-0.2, -0.15) is 0 Å².